The molecule has 0 aromatic heterocycles. The van der Waals surface area contributed by atoms with E-state index in [4.69, 9.17) is 16.3 Å². The van der Waals surface area contributed by atoms with E-state index in [1.54, 1.807) is 7.11 Å². The molecule has 4 nitrogen and oxygen atoms in total. The molecule has 24 heavy (non-hydrogen) atoms. The smallest absolute Gasteiger partial charge is 0.221 e. The minimum atomic E-state index is 0.0325. The zero-order valence-electron chi connectivity index (χ0n) is 14.1. The number of carbonyl (C=O) groups excluding carboxylic acids is 1. The van der Waals surface area contributed by atoms with Crippen LogP contribution in [0.4, 0.5) is 5.69 Å². The molecule has 0 aliphatic carbocycles. The summed E-state index contributed by atoms with van der Waals surface area (Å²) in [4.78, 5) is 11.9. The van der Waals surface area contributed by atoms with E-state index >= 15 is 0 Å². The Balaban J connectivity index is 1.69. The van der Waals surface area contributed by atoms with Crippen molar-refractivity contribution in [2.75, 3.05) is 25.5 Å². The van der Waals surface area contributed by atoms with Gasteiger partial charge in [0.25, 0.3) is 0 Å². The van der Waals surface area contributed by atoms with Gasteiger partial charge in [-0.25, -0.2) is 0 Å². The number of benzene rings is 2. The molecule has 0 unspecified atom stereocenters. The summed E-state index contributed by atoms with van der Waals surface area (Å²) in [7, 11) is 1.65. The number of hydrogen-bond acceptors (Lipinski definition) is 3. The lowest BCUT2D eigenvalue weighted by Gasteiger charge is -2.11. The molecule has 0 radical (unpaired) electrons. The second-order valence-corrected chi connectivity index (χ2v) is 5.95. The summed E-state index contributed by atoms with van der Waals surface area (Å²) >= 11 is 6.08. The molecule has 5 heteroatoms. The second-order valence-electron chi connectivity index (χ2n) is 5.54. The number of anilines is 1. The molecule has 2 N–H and O–H groups in total. The quantitative estimate of drug-likeness (QED) is 0.764. The zero-order valence-corrected chi connectivity index (χ0v) is 14.8. The first-order chi connectivity index (χ1) is 11.6. The molecule has 0 saturated carbocycles. The van der Waals surface area contributed by atoms with Crippen molar-refractivity contribution in [3.05, 3.63) is 58.6 Å². The average Bonchev–Trinajstić information content (AvgIpc) is 2.59. The monoisotopic (exact) mass is 346 g/mol. The van der Waals surface area contributed by atoms with Crippen molar-refractivity contribution in [3.8, 4) is 5.75 Å². The number of methoxy groups -OCH3 is 1. The molecule has 2 rings (SSSR count). The van der Waals surface area contributed by atoms with Crippen molar-refractivity contribution >= 4 is 23.2 Å². The predicted molar refractivity (Wildman–Crippen MR) is 99.0 cm³/mol. The number of halogens is 1. The Morgan fingerprint density at radius 3 is 2.75 bits per heavy atom. The minimum absolute atomic E-state index is 0.0325. The summed E-state index contributed by atoms with van der Waals surface area (Å²) in [5.41, 5.74) is 3.10. The lowest BCUT2D eigenvalue weighted by Crippen LogP contribution is -2.27. The van der Waals surface area contributed by atoms with Crippen LogP contribution < -0.4 is 15.4 Å². The first kappa shape index (κ1) is 18.1. The molecule has 0 bridgehead atoms. The van der Waals surface area contributed by atoms with Gasteiger partial charge in [-0.15, -0.1) is 0 Å². The fourth-order valence-corrected chi connectivity index (χ4v) is 2.55. The fourth-order valence-electron chi connectivity index (χ4n) is 2.37. The van der Waals surface area contributed by atoms with E-state index in [0.29, 0.717) is 19.5 Å². The van der Waals surface area contributed by atoms with Gasteiger partial charge in [0.15, 0.2) is 0 Å². The topological polar surface area (TPSA) is 50.4 Å². The Morgan fingerprint density at radius 2 is 1.96 bits per heavy atom. The van der Waals surface area contributed by atoms with Gasteiger partial charge in [0.1, 0.15) is 5.75 Å². The van der Waals surface area contributed by atoms with Crippen LogP contribution in [0.1, 0.15) is 17.5 Å². The summed E-state index contributed by atoms with van der Waals surface area (Å²) in [6.45, 7) is 3.15. The number of nitrogens with one attached hydrogen (secondary N) is 2. The Kier molecular flexibility index (Phi) is 6.94. The molecular formula is C19H23ClN2O2. The summed E-state index contributed by atoms with van der Waals surface area (Å²) in [6, 6.07) is 13.6. The highest BCUT2D eigenvalue weighted by Crippen LogP contribution is 2.22. The van der Waals surface area contributed by atoms with Crippen LogP contribution in [-0.4, -0.2) is 26.1 Å². The summed E-state index contributed by atoms with van der Waals surface area (Å²) in [6.07, 6.45) is 1.20. The van der Waals surface area contributed by atoms with E-state index < -0.39 is 0 Å². The third kappa shape index (κ3) is 5.46. The maximum Gasteiger partial charge on any atom is 0.221 e. The molecule has 1 amide bonds. The minimum Gasteiger partial charge on any atom is -0.497 e. The molecule has 0 spiro atoms. The van der Waals surface area contributed by atoms with Crippen molar-refractivity contribution in [3.63, 3.8) is 0 Å². The van der Waals surface area contributed by atoms with Crippen LogP contribution in [0.2, 0.25) is 5.02 Å². The average molecular weight is 347 g/mol. The second kappa shape index (κ2) is 9.18. The van der Waals surface area contributed by atoms with Gasteiger partial charge in [-0.2, -0.15) is 0 Å². The van der Waals surface area contributed by atoms with Gasteiger partial charge in [0, 0.05) is 30.2 Å². The SMILES string of the molecule is COc1cccc(CCNC(=O)CCNc2cccc(Cl)c2C)c1. The van der Waals surface area contributed by atoms with Crippen LogP contribution in [0.15, 0.2) is 42.5 Å². The maximum absolute atomic E-state index is 11.9. The van der Waals surface area contributed by atoms with Gasteiger partial charge in [-0.1, -0.05) is 29.8 Å². The van der Waals surface area contributed by atoms with E-state index in [9.17, 15) is 4.79 Å². The van der Waals surface area contributed by atoms with E-state index in [-0.39, 0.29) is 5.91 Å². The third-order valence-electron chi connectivity index (χ3n) is 3.81. The van der Waals surface area contributed by atoms with Crippen molar-refractivity contribution in [2.45, 2.75) is 19.8 Å². The highest BCUT2D eigenvalue weighted by molar-refractivity contribution is 6.31. The Morgan fingerprint density at radius 1 is 1.17 bits per heavy atom. The molecule has 0 aliphatic rings. The molecule has 2 aromatic rings. The summed E-state index contributed by atoms with van der Waals surface area (Å²) in [5, 5.41) is 6.91. The highest BCUT2D eigenvalue weighted by atomic mass is 35.5. The molecule has 0 aliphatic heterocycles. The number of rotatable bonds is 8. The van der Waals surface area contributed by atoms with Crippen molar-refractivity contribution in [2.24, 2.45) is 0 Å². The highest BCUT2D eigenvalue weighted by Gasteiger charge is 2.04. The van der Waals surface area contributed by atoms with Gasteiger partial charge in [-0.3, -0.25) is 4.79 Å². The van der Waals surface area contributed by atoms with Gasteiger partial charge < -0.3 is 15.4 Å². The standard InChI is InChI=1S/C19H23ClN2O2/c1-14-17(20)7-4-8-18(14)21-12-10-19(23)22-11-9-15-5-3-6-16(13-15)24-2/h3-8,13,21H,9-12H2,1-2H3,(H,22,23). The lowest BCUT2D eigenvalue weighted by atomic mass is 10.1. The maximum atomic E-state index is 11.9. The zero-order chi connectivity index (χ0) is 17.4. The van der Waals surface area contributed by atoms with Crippen LogP contribution in [-0.2, 0) is 11.2 Å². The van der Waals surface area contributed by atoms with Crippen LogP contribution in [0.5, 0.6) is 5.75 Å². The van der Waals surface area contributed by atoms with Crippen molar-refractivity contribution in [1.82, 2.24) is 5.32 Å². The van der Waals surface area contributed by atoms with Crippen LogP contribution in [0.25, 0.3) is 0 Å². The van der Waals surface area contributed by atoms with Gasteiger partial charge >= 0.3 is 0 Å². The fraction of sp³-hybridized carbons (Fsp3) is 0.316. The lowest BCUT2D eigenvalue weighted by molar-refractivity contribution is -0.120. The van der Waals surface area contributed by atoms with Crippen molar-refractivity contribution < 1.29 is 9.53 Å². The first-order valence-electron chi connectivity index (χ1n) is 7.99. The van der Waals surface area contributed by atoms with Crippen LogP contribution in [0.3, 0.4) is 0 Å². The molecule has 0 heterocycles. The number of amides is 1. The van der Waals surface area contributed by atoms with Gasteiger partial charge in [0.05, 0.1) is 7.11 Å². The van der Waals surface area contributed by atoms with Crippen LogP contribution >= 0.6 is 11.6 Å². The Bertz CT molecular complexity index is 689. The molecule has 0 fully saturated rings. The summed E-state index contributed by atoms with van der Waals surface area (Å²) in [5.74, 6) is 0.866. The van der Waals surface area contributed by atoms with E-state index in [2.05, 4.69) is 10.6 Å². The largest absolute Gasteiger partial charge is 0.497 e. The van der Waals surface area contributed by atoms with Gasteiger partial charge in [0.2, 0.25) is 5.91 Å². The number of hydrogen-bond donors (Lipinski definition) is 2. The molecule has 0 saturated heterocycles. The first-order valence-corrected chi connectivity index (χ1v) is 8.36. The van der Waals surface area contributed by atoms with Crippen molar-refractivity contribution in [1.29, 1.82) is 0 Å². The van der Waals surface area contributed by atoms with Crippen LogP contribution in [0, 0.1) is 6.92 Å². The predicted octanol–water partition coefficient (Wildman–Crippen LogP) is 3.82. The Labute approximate surface area is 148 Å². The van der Waals surface area contributed by atoms with Gasteiger partial charge in [-0.05, 0) is 48.7 Å². The molecule has 2 aromatic carbocycles. The normalized spacial score (nSPS) is 10.3. The number of ether oxygens (including phenoxy) is 1. The molecule has 128 valence electrons. The number of carbonyl (C=O) groups is 1. The van der Waals surface area contributed by atoms with E-state index in [1.165, 1.54) is 0 Å². The van der Waals surface area contributed by atoms with E-state index in [0.717, 1.165) is 34.0 Å². The van der Waals surface area contributed by atoms with E-state index in [1.807, 2.05) is 49.4 Å². The summed E-state index contributed by atoms with van der Waals surface area (Å²) < 4.78 is 5.19. The molecular weight excluding hydrogens is 324 g/mol. The Hall–Kier alpha value is -2.20. The third-order valence-corrected chi connectivity index (χ3v) is 4.21. The molecule has 0 atom stereocenters.